The SMILES string of the molecule is O=C(Cc1ccc(Cl)cc1)Nc1cccc(-c2nc3ccccc3[nH]2)c1. The van der Waals surface area contributed by atoms with Crippen LogP contribution in [-0.2, 0) is 11.2 Å². The Morgan fingerprint density at radius 2 is 1.81 bits per heavy atom. The summed E-state index contributed by atoms with van der Waals surface area (Å²) in [6, 6.07) is 22.8. The quantitative estimate of drug-likeness (QED) is 0.533. The molecular weight excluding hydrogens is 346 g/mol. The molecule has 1 amide bonds. The van der Waals surface area contributed by atoms with Gasteiger partial charge in [0.25, 0.3) is 0 Å². The van der Waals surface area contributed by atoms with Crippen LogP contribution < -0.4 is 5.32 Å². The van der Waals surface area contributed by atoms with Crippen LogP contribution >= 0.6 is 11.6 Å². The maximum atomic E-state index is 12.3. The molecule has 0 bridgehead atoms. The number of anilines is 1. The Morgan fingerprint density at radius 3 is 2.62 bits per heavy atom. The summed E-state index contributed by atoms with van der Waals surface area (Å²) < 4.78 is 0. The first-order valence-corrected chi connectivity index (χ1v) is 8.65. The number of nitrogens with zero attached hydrogens (tertiary/aromatic N) is 1. The van der Waals surface area contributed by atoms with Crippen LogP contribution in [0.2, 0.25) is 5.02 Å². The van der Waals surface area contributed by atoms with E-state index in [4.69, 9.17) is 11.6 Å². The number of benzene rings is 3. The molecule has 0 radical (unpaired) electrons. The largest absolute Gasteiger partial charge is 0.338 e. The summed E-state index contributed by atoms with van der Waals surface area (Å²) in [5.74, 6) is 0.703. The first-order chi connectivity index (χ1) is 12.7. The molecule has 0 aliphatic rings. The molecule has 0 saturated heterocycles. The Labute approximate surface area is 155 Å². The Hall–Kier alpha value is -3.11. The lowest BCUT2D eigenvalue weighted by molar-refractivity contribution is -0.115. The second-order valence-corrected chi connectivity index (χ2v) is 6.47. The van der Waals surface area contributed by atoms with Gasteiger partial charge < -0.3 is 10.3 Å². The fourth-order valence-corrected chi connectivity index (χ4v) is 2.95. The summed E-state index contributed by atoms with van der Waals surface area (Å²) in [6.45, 7) is 0. The average molecular weight is 362 g/mol. The number of aromatic nitrogens is 2. The van der Waals surface area contributed by atoms with Crippen LogP contribution in [0.15, 0.2) is 72.8 Å². The molecular formula is C21H16ClN3O. The minimum atomic E-state index is -0.0749. The van der Waals surface area contributed by atoms with Gasteiger partial charge in [-0.05, 0) is 42.0 Å². The number of fused-ring (bicyclic) bond motifs is 1. The van der Waals surface area contributed by atoms with Crippen molar-refractivity contribution >= 4 is 34.2 Å². The number of H-pyrrole nitrogens is 1. The molecule has 4 rings (SSSR count). The Kier molecular flexibility index (Phi) is 4.42. The van der Waals surface area contributed by atoms with E-state index in [1.54, 1.807) is 12.1 Å². The summed E-state index contributed by atoms with van der Waals surface area (Å²) in [4.78, 5) is 20.2. The third-order valence-electron chi connectivity index (χ3n) is 4.09. The summed E-state index contributed by atoms with van der Waals surface area (Å²) in [5.41, 5.74) is 4.48. The molecule has 5 heteroatoms. The maximum Gasteiger partial charge on any atom is 0.228 e. The smallest absolute Gasteiger partial charge is 0.228 e. The molecule has 0 aliphatic carbocycles. The molecule has 0 atom stereocenters. The van der Waals surface area contributed by atoms with E-state index in [-0.39, 0.29) is 5.91 Å². The van der Waals surface area contributed by atoms with Crippen molar-refractivity contribution in [3.05, 3.63) is 83.4 Å². The summed E-state index contributed by atoms with van der Waals surface area (Å²) in [5, 5.41) is 3.60. The van der Waals surface area contributed by atoms with Gasteiger partial charge in [-0.25, -0.2) is 4.98 Å². The molecule has 1 aromatic heterocycles. The van der Waals surface area contributed by atoms with Crippen LogP contribution in [0.4, 0.5) is 5.69 Å². The van der Waals surface area contributed by atoms with E-state index in [1.807, 2.05) is 60.7 Å². The monoisotopic (exact) mass is 361 g/mol. The number of hydrogen-bond donors (Lipinski definition) is 2. The van der Waals surface area contributed by atoms with E-state index in [0.29, 0.717) is 11.4 Å². The predicted octanol–water partition coefficient (Wildman–Crippen LogP) is 5.06. The van der Waals surface area contributed by atoms with E-state index >= 15 is 0 Å². The Balaban J connectivity index is 1.51. The number of para-hydroxylation sites is 2. The maximum absolute atomic E-state index is 12.3. The van der Waals surface area contributed by atoms with Gasteiger partial charge in [0.15, 0.2) is 0 Å². The number of nitrogens with one attached hydrogen (secondary N) is 2. The molecule has 128 valence electrons. The highest BCUT2D eigenvalue weighted by atomic mass is 35.5. The first kappa shape index (κ1) is 16.4. The second-order valence-electron chi connectivity index (χ2n) is 6.03. The zero-order valence-electron chi connectivity index (χ0n) is 13.9. The zero-order chi connectivity index (χ0) is 17.9. The fourth-order valence-electron chi connectivity index (χ4n) is 2.83. The predicted molar refractivity (Wildman–Crippen MR) is 105 cm³/mol. The minimum Gasteiger partial charge on any atom is -0.338 e. The van der Waals surface area contributed by atoms with Crippen molar-refractivity contribution < 1.29 is 4.79 Å². The molecule has 4 aromatic rings. The van der Waals surface area contributed by atoms with Crippen molar-refractivity contribution in [3.63, 3.8) is 0 Å². The highest BCUT2D eigenvalue weighted by Gasteiger charge is 2.08. The van der Waals surface area contributed by atoms with Gasteiger partial charge in [0, 0.05) is 16.3 Å². The third kappa shape index (κ3) is 3.60. The average Bonchev–Trinajstić information content (AvgIpc) is 3.08. The summed E-state index contributed by atoms with van der Waals surface area (Å²) in [7, 11) is 0. The molecule has 0 fully saturated rings. The topological polar surface area (TPSA) is 57.8 Å². The highest BCUT2D eigenvalue weighted by Crippen LogP contribution is 2.23. The van der Waals surface area contributed by atoms with Crippen molar-refractivity contribution in [2.75, 3.05) is 5.32 Å². The fraction of sp³-hybridized carbons (Fsp3) is 0.0476. The highest BCUT2D eigenvalue weighted by molar-refractivity contribution is 6.30. The number of rotatable bonds is 4. The van der Waals surface area contributed by atoms with E-state index in [9.17, 15) is 4.79 Å². The van der Waals surface area contributed by atoms with Gasteiger partial charge in [0.05, 0.1) is 17.5 Å². The first-order valence-electron chi connectivity index (χ1n) is 8.27. The summed E-state index contributed by atoms with van der Waals surface area (Å²) >= 11 is 5.87. The van der Waals surface area contributed by atoms with E-state index < -0.39 is 0 Å². The lowest BCUT2D eigenvalue weighted by atomic mass is 10.1. The van der Waals surface area contributed by atoms with Crippen molar-refractivity contribution in [2.24, 2.45) is 0 Å². The lowest BCUT2D eigenvalue weighted by Gasteiger charge is -2.07. The molecule has 26 heavy (non-hydrogen) atoms. The van der Waals surface area contributed by atoms with E-state index in [0.717, 1.165) is 33.7 Å². The molecule has 1 heterocycles. The number of carbonyl (C=O) groups is 1. The number of carbonyl (C=O) groups excluding carboxylic acids is 1. The minimum absolute atomic E-state index is 0.0749. The number of halogens is 1. The Morgan fingerprint density at radius 1 is 1.00 bits per heavy atom. The second kappa shape index (κ2) is 7.02. The molecule has 2 N–H and O–H groups in total. The normalized spacial score (nSPS) is 10.8. The van der Waals surface area contributed by atoms with Gasteiger partial charge in [0.1, 0.15) is 5.82 Å². The van der Waals surface area contributed by atoms with Crippen molar-refractivity contribution in [1.82, 2.24) is 9.97 Å². The molecule has 4 nitrogen and oxygen atoms in total. The van der Waals surface area contributed by atoms with Gasteiger partial charge in [0.2, 0.25) is 5.91 Å². The third-order valence-corrected chi connectivity index (χ3v) is 4.34. The van der Waals surface area contributed by atoms with E-state index in [2.05, 4.69) is 15.3 Å². The van der Waals surface area contributed by atoms with Crippen molar-refractivity contribution in [3.8, 4) is 11.4 Å². The van der Waals surface area contributed by atoms with Crippen LogP contribution in [0, 0.1) is 0 Å². The molecule has 0 aliphatic heterocycles. The van der Waals surface area contributed by atoms with Crippen LogP contribution in [0.3, 0.4) is 0 Å². The van der Waals surface area contributed by atoms with E-state index in [1.165, 1.54) is 0 Å². The van der Waals surface area contributed by atoms with Crippen molar-refractivity contribution in [1.29, 1.82) is 0 Å². The molecule has 0 spiro atoms. The van der Waals surface area contributed by atoms with Gasteiger partial charge >= 0.3 is 0 Å². The van der Waals surface area contributed by atoms with Crippen LogP contribution in [0.25, 0.3) is 22.4 Å². The standard InChI is InChI=1S/C21H16ClN3O/c22-16-10-8-14(9-11-16)12-20(26)23-17-5-3-4-15(13-17)21-24-18-6-1-2-7-19(18)25-21/h1-11,13H,12H2,(H,23,26)(H,24,25). The number of aromatic amines is 1. The zero-order valence-corrected chi connectivity index (χ0v) is 14.6. The Bertz CT molecular complexity index is 1040. The van der Waals surface area contributed by atoms with Gasteiger partial charge in [-0.3, -0.25) is 4.79 Å². The van der Waals surface area contributed by atoms with Crippen LogP contribution in [-0.4, -0.2) is 15.9 Å². The van der Waals surface area contributed by atoms with Crippen LogP contribution in [0.5, 0.6) is 0 Å². The molecule has 0 unspecified atom stereocenters. The van der Waals surface area contributed by atoms with Crippen molar-refractivity contribution in [2.45, 2.75) is 6.42 Å². The number of hydrogen-bond acceptors (Lipinski definition) is 2. The number of imidazole rings is 1. The van der Waals surface area contributed by atoms with Crippen LogP contribution in [0.1, 0.15) is 5.56 Å². The van der Waals surface area contributed by atoms with Gasteiger partial charge in [-0.2, -0.15) is 0 Å². The number of amides is 1. The lowest BCUT2D eigenvalue weighted by Crippen LogP contribution is -2.14. The molecule has 0 saturated carbocycles. The molecule has 3 aromatic carbocycles. The summed E-state index contributed by atoms with van der Waals surface area (Å²) in [6.07, 6.45) is 0.298. The van der Waals surface area contributed by atoms with Gasteiger partial charge in [-0.1, -0.05) is 48.0 Å². The van der Waals surface area contributed by atoms with Gasteiger partial charge in [-0.15, -0.1) is 0 Å².